The number of para-hydroxylation sites is 1. The van der Waals surface area contributed by atoms with Crippen molar-refractivity contribution in [1.82, 2.24) is 4.98 Å². The minimum absolute atomic E-state index is 0.259. The average Bonchev–Trinajstić information content (AvgIpc) is 2.85. The van der Waals surface area contributed by atoms with E-state index in [1.165, 1.54) is 0 Å². The van der Waals surface area contributed by atoms with Crippen LogP contribution >= 0.6 is 23.2 Å². The number of carbonyl (C=O) groups is 2. The highest BCUT2D eigenvalue weighted by atomic mass is 35.5. The Morgan fingerprint density at radius 1 is 1.32 bits per heavy atom. The molecule has 0 aliphatic heterocycles. The fourth-order valence-corrected chi connectivity index (χ4v) is 3.15. The van der Waals surface area contributed by atoms with Crippen molar-refractivity contribution >= 4 is 45.9 Å². The maximum atomic E-state index is 12.5. The van der Waals surface area contributed by atoms with Crippen LogP contribution in [0.3, 0.4) is 0 Å². The predicted molar refractivity (Wildman–Crippen MR) is 85.3 cm³/mol. The summed E-state index contributed by atoms with van der Waals surface area (Å²) in [7, 11) is 0. The predicted octanol–water partition coefficient (Wildman–Crippen LogP) is 3.87. The molecule has 1 aromatic heterocycles. The molecule has 0 spiro atoms. The van der Waals surface area contributed by atoms with E-state index >= 15 is 0 Å². The molecule has 116 valence electrons. The molecule has 0 bridgehead atoms. The standard InChI is InChI=1S/C16H15Cl2NO3/c1-9(22-14(21)15(2)8-16(15,17)18)13(20)11-7-19-12-6-4-3-5-10(11)12/h3-7,9,19H,8H2,1-2H3/t9-,15+/m1/s1. The van der Waals surface area contributed by atoms with Crippen LogP contribution in [0.25, 0.3) is 10.9 Å². The van der Waals surface area contributed by atoms with Crippen molar-refractivity contribution in [2.24, 2.45) is 5.41 Å². The van der Waals surface area contributed by atoms with Crippen LogP contribution in [0.1, 0.15) is 30.6 Å². The van der Waals surface area contributed by atoms with E-state index in [1.807, 2.05) is 24.3 Å². The molecule has 2 aromatic rings. The van der Waals surface area contributed by atoms with Gasteiger partial charge >= 0.3 is 5.97 Å². The summed E-state index contributed by atoms with van der Waals surface area (Å²) in [5.41, 5.74) is 0.420. The largest absolute Gasteiger partial charge is 0.454 e. The Bertz CT molecular complexity index is 768. The van der Waals surface area contributed by atoms with Crippen molar-refractivity contribution in [2.75, 3.05) is 0 Å². The molecule has 6 heteroatoms. The molecule has 0 unspecified atom stereocenters. The summed E-state index contributed by atoms with van der Waals surface area (Å²) in [5.74, 6) is -0.803. The summed E-state index contributed by atoms with van der Waals surface area (Å²) in [5, 5.41) is 0.803. The molecule has 0 saturated heterocycles. The zero-order valence-electron chi connectivity index (χ0n) is 12.2. The lowest BCUT2D eigenvalue weighted by atomic mass is 10.1. The maximum absolute atomic E-state index is 12.5. The number of aromatic amines is 1. The topological polar surface area (TPSA) is 59.2 Å². The fraction of sp³-hybridized carbons (Fsp3) is 0.375. The summed E-state index contributed by atoms with van der Waals surface area (Å²) in [4.78, 5) is 27.7. The van der Waals surface area contributed by atoms with Crippen molar-refractivity contribution in [3.05, 3.63) is 36.0 Å². The molecule has 0 amide bonds. The monoisotopic (exact) mass is 339 g/mol. The van der Waals surface area contributed by atoms with Crippen molar-refractivity contribution in [1.29, 1.82) is 0 Å². The molecule has 1 N–H and O–H groups in total. The number of ketones is 1. The van der Waals surface area contributed by atoms with Crippen LogP contribution in [-0.2, 0) is 9.53 Å². The molecular weight excluding hydrogens is 325 g/mol. The number of esters is 1. The molecule has 1 aliphatic rings. The van der Waals surface area contributed by atoms with E-state index in [0.29, 0.717) is 12.0 Å². The van der Waals surface area contributed by atoms with Gasteiger partial charge in [0.25, 0.3) is 0 Å². The van der Waals surface area contributed by atoms with Gasteiger partial charge in [0, 0.05) is 29.1 Å². The normalized spacial score (nSPS) is 24.0. The number of hydrogen-bond donors (Lipinski definition) is 1. The summed E-state index contributed by atoms with van der Waals surface area (Å²) >= 11 is 11.9. The first kappa shape index (κ1) is 15.4. The van der Waals surface area contributed by atoms with Gasteiger partial charge in [0.15, 0.2) is 6.10 Å². The molecule has 4 nitrogen and oxygen atoms in total. The van der Waals surface area contributed by atoms with Crippen molar-refractivity contribution in [3.63, 3.8) is 0 Å². The zero-order chi connectivity index (χ0) is 16.1. The SMILES string of the molecule is C[C@@H](OC(=O)[C@]1(C)CC1(Cl)Cl)C(=O)c1c[nH]c2ccccc12. The lowest BCUT2D eigenvalue weighted by Gasteiger charge is -2.16. The number of fused-ring (bicyclic) bond motifs is 1. The van der Waals surface area contributed by atoms with Crippen LogP contribution < -0.4 is 0 Å². The molecule has 0 radical (unpaired) electrons. The van der Waals surface area contributed by atoms with Gasteiger partial charge in [0.1, 0.15) is 9.75 Å². The Kier molecular flexibility index (Phi) is 3.49. The summed E-state index contributed by atoms with van der Waals surface area (Å²) in [6.45, 7) is 3.19. The number of rotatable bonds is 4. The quantitative estimate of drug-likeness (QED) is 0.522. The van der Waals surface area contributed by atoms with Gasteiger partial charge in [-0.25, -0.2) is 0 Å². The molecule has 1 aromatic carbocycles. The van der Waals surface area contributed by atoms with Gasteiger partial charge in [-0.2, -0.15) is 0 Å². The second kappa shape index (κ2) is 5.00. The number of alkyl halides is 2. The van der Waals surface area contributed by atoms with E-state index in [2.05, 4.69) is 4.98 Å². The Hall–Kier alpha value is -1.52. The highest BCUT2D eigenvalue weighted by molar-refractivity contribution is 6.53. The first-order valence-electron chi connectivity index (χ1n) is 6.95. The first-order chi connectivity index (χ1) is 10.3. The zero-order valence-corrected chi connectivity index (χ0v) is 13.7. The number of ether oxygens (including phenoxy) is 1. The van der Waals surface area contributed by atoms with Gasteiger partial charge in [0.2, 0.25) is 5.78 Å². The molecule has 2 atom stereocenters. The molecular formula is C16H15Cl2NO3. The number of Topliss-reactive ketones (excluding diaryl/α,β-unsaturated/α-hetero) is 1. The Morgan fingerprint density at radius 3 is 2.59 bits per heavy atom. The smallest absolute Gasteiger partial charge is 0.315 e. The Balaban J connectivity index is 1.77. The van der Waals surface area contributed by atoms with E-state index < -0.39 is 21.8 Å². The second-order valence-corrected chi connectivity index (χ2v) is 7.36. The van der Waals surface area contributed by atoms with Crippen LogP contribution in [0.4, 0.5) is 0 Å². The van der Waals surface area contributed by atoms with Gasteiger partial charge in [-0.05, 0) is 19.9 Å². The third-order valence-corrected chi connectivity index (χ3v) is 5.32. The van der Waals surface area contributed by atoms with Crippen LogP contribution in [0.5, 0.6) is 0 Å². The molecule has 22 heavy (non-hydrogen) atoms. The molecule has 1 aliphatic carbocycles. The molecule has 1 heterocycles. The van der Waals surface area contributed by atoms with Gasteiger partial charge in [-0.1, -0.05) is 18.2 Å². The van der Waals surface area contributed by atoms with Gasteiger partial charge in [0.05, 0.1) is 0 Å². The number of benzene rings is 1. The van der Waals surface area contributed by atoms with Crippen molar-refractivity contribution in [2.45, 2.75) is 30.7 Å². The highest BCUT2D eigenvalue weighted by Crippen LogP contribution is 2.64. The number of carbonyl (C=O) groups excluding carboxylic acids is 2. The molecule has 1 saturated carbocycles. The van der Waals surface area contributed by atoms with Crippen molar-refractivity contribution < 1.29 is 14.3 Å². The summed E-state index contributed by atoms with van der Waals surface area (Å²) in [6.07, 6.45) is 1.06. The Labute approximate surface area is 137 Å². The van der Waals surface area contributed by atoms with Gasteiger partial charge in [-0.3, -0.25) is 9.59 Å². The Morgan fingerprint density at radius 2 is 1.95 bits per heavy atom. The number of hydrogen-bond acceptors (Lipinski definition) is 3. The minimum Gasteiger partial charge on any atom is -0.454 e. The van der Waals surface area contributed by atoms with Gasteiger partial charge in [-0.15, -0.1) is 23.2 Å². The number of aromatic nitrogens is 1. The third-order valence-electron chi connectivity index (χ3n) is 4.22. The van der Waals surface area contributed by atoms with E-state index in [4.69, 9.17) is 27.9 Å². The van der Waals surface area contributed by atoms with Crippen LogP contribution in [0, 0.1) is 5.41 Å². The van der Waals surface area contributed by atoms with Crippen LogP contribution in [0.2, 0.25) is 0 Å². The summed E-state index contributed by atoms with van der Waals surface area (Å²) in [6, 6.07) is 7.46. The highest BCUT2D eigenvalue weighted by Gasteiger charge is 2.69. The molecule has 3 rings (SSSR count). The van der Waals surface area contributed by atoms with Crippen molar-refractivity contribution in [3.8, 4) is 0 Å². The fourth-order valence-electron chi connectivity index (χ4n) is 2.46. The number of halogens is 2. The van der Waals surface area contributed by atoms with Crippen LogP contribution in [-0.4, -0.2) is 27.2 Å². The lowest BCUT2D eigenvalue weighted by molar-refractivity contribution is -0.152. The average molecular weight is 340 g/mol. The molecule has 1 fully saturated rings. The first-order valence-corrected chi connectivity index (χ1v) is 7.71. The summed E-state index contributed by atoms with van der Waals surface area (Å²) < 4.78 is 4.17. The minimum atomic E-state index is -1.10. The van der Waals surface area contributed by atoms with E-state index in [1.54, 1.807) is 20.0 Å². The van der Waals surface area contributed by atoms with E-state index in [0.717, 1.165) is 10.9 Å². The van der Waals surface area contributed by atoms with Crippen LogP contribution in [0.15, 0.2) is 30.5 Å². The maximum Gasteiger partial charge on any atom is 0.315 e. The van der Waals surface area contributed by atoms with E-state index in [-0.39, 0.29) is 5.78 Å². The number of nitrogens with one attached hydrogen (secondary N) is 1. The van der Waals surface area contributed by atoms with Gasteiger partial charge < -0.3 is 9.72 Å². The van der Waals surface area contributed by atoms with E-state index in [9.17, 15) is 9.59 Å². The third kappa shape index (κ3) is 2.31. The lowest BCUT2D eigenvalue weighted by Crippen LogP contribution is -2.30. The second-order valence-electron chi connectivity index (χ2n) is 5.87. The number of H-pyrrole nitrogens is 1.